The number of unbranched alkanes of at least 4 members (excludes halogenated alkanes) is 7. The van der Waals surface area contributed by atoms with E-state index in [9.17, 15) is 4.79 Å². The molecule has 0 bridgehead atoms. The minimum atomic E-state index is -0.0313. The Kier molecular flexibility index (Phi) is 12.4. The Balaban J connectivity index is 1.81. The molecule has 0 aromatic heterocycles. The number of carbonyl (C=O) groups is 1. The number of nitrogens with zero attached hydrogens (tertiary/aromatic N) is 1. The van der Waals surface area contributed by atoms with Crippen molar-refractivity contribution < 1.29 is 14.3 Å². The molecule has 0 unspecified atom stereocenters. The van der Waals surface area contributed by atoms with Crippen LogP contribution in [0, 0.1) is 0 Å². The van der Waals surface area contributed by atoms with Crippen molar-refractivity contribution in [2.45, 2.75) is 71.1 Å². The monoisotopic (exact) mass is 313 g/mol. The van der Waals surface area contributed by atoms with Crippen LogP contribution in [0.25, 0.3) is 0 Å². The number of carbonyl (C=O) groups excluding carboxylic acids is 1. The van der Waals surface area contributed by atoms with E-state index in [-0.39, 0.29) is 5.97 Å². The number of hydrogen-bond donors (Lipinski definition) is 0. The van der Waals surface area contributed by atoms with Crippen molar-refractivity contribution in [2.75, 3.05) is 39.5 Å². The van der Waals surface area contributed by atoms with Crippen molar-refractivity contribution >= 4 is 5.97 Å². The third-order valence-electron chi connectivity index (χ3n) is 4.22. The molecule has 0 amide bonds. The minimum absolute atomic E-state index is 0.0313. The van der Waals surface area contributed by atoms with Crippen LogP contribution in [0.3, 0.4) is 0 Å². The maximum atomic E-state index is 11.6. The summed E-state index contributed by atoms with van der Waals surface area (Å²) in [6, 6.07) is 0. The van der Waals surface area contributed by atoms with Gasteiger partial charge in [-0.15, -0.1) is 0 Å². The van der Waals surface area contributed by atoms with E-state index >= 15 is 0 Å². The molecule has 4 nitrogen and oxygen atoms in total. The molecule has 0 atom stereocenters. The molecule has 22 heavy (non-hydrogen) atoms. The molecule has 130 valence electrons. The summed E-state index contributed by atoms with van der Waals surface area (Å²) >= 11 is 0. The lowest BCUT2D eigenvalue weighted by molar-refractivity contribution is -0.144. The van der Waals surface area contributed by atoms with Gasteiger partial charge in [0.1, 0.15) is 0 Å². The molecule has 0 radical (unpaired) electrons. The predicted molar refractivity (Wildman–Crippen MR) is 90.1 cm³/mol. The average Bonchev–Trinajstić information content (AvgIpc) is 2.54. The molecule has 4 heteroatoms. The molecule has 1 saturated heterocycles. The predicted octanol–water partition coefficient (Wildman–Crippen LogP) is 3.78. The highest BCUT2D eigenvalue weighted by atomic mass is 16.5. The first-order valence-electron chi connectivity index (χ1n) is 9.28. The van der Waals surface area contributed by atoms with Crippen molar-refractivity contribution in [1.29, 1.82) is 0 Å². The normalized spacial score (nSPS) is 15.9. The number of morpholine rings is 1. The zero-order valence-electron chi connectivity index (χ0n) is 14.5. The van der Waals surface area contributed by atoms with E-state index in [4.69, 9.17) is 9.47 Å². The highest BCUT2D eigenvalue weighted by Gasteiger charge is 2.10. The minimum Gasteiger partial charge on any atom is -0.466 e. The molecule has 1 aliphatic heterocycles. The Morgan fingerprint density at radius 1 is 0.955 bits per heavy atom. The van der Waals surface area contributed by atoms with Gasteiger partial charge in [-0.05, 0) is 19.4 Å². The maximum Gasteiger partial charge on any atom is 0.305 e. The van der Waals surface area contributed by atoms with Crippen LogP contribution in [-0.4, -0.2) is 50.3 Å². The summed E-state index contributed by atoms with van der Waals surface area (Å²) < 4.78 is 10.6. The summed E-state index contributed by atoms with van der Waals surface area (Å²) in [7, 11) is 0. The molecule has 1 heterocycles. The lowest BCUT2D eigenvalue weighted by Crippen LogP contribution is -2.37. The average molecular weight is 313 g/mol. The van der Waals surface area contributed by atoms with Gasteiger partial charge >= 0.3 is 5.97 Å². The van der Waals surface area contributed by atoms with Crippen LogP contribution in [0.5, 0.6) is 0 Å². The smallest absolute Gasteiger partial charge is 0.305 e. The second kappa shape index (κ2) is 14.0. The molecule has 1 rings (SSSR count). The Bertz CT molecular complexity index is 265. The molecular formula is C18H35NO3. The van der Waals surface area contributed by atoms with Crippen molar-refractivity contribution in [3.63, 3.8) is 0 Å². The second-order valence-electron chi connectivity index (χ2n) is 6.25. The van der Waals surface area contributed by atoms with Crippen LogP contribution in [0.4, 0.5) is 0 Å². The van der Waals surface area contributed by atoms with E-state index in [1.807, 2.05) is 0 Å². The van der Waals surface area contributed by atoms with Gasteiger partial charge in [0.05, 0.1) is 19.8 Å². The zero-order valence-corrected chi connectivity index (χ0v) is 14.5. The Morgan fingerprint density at radius 3 is 2.27 bits per heavy atom. The maximum absolute atomic E-state index is 11.6. The molecule has 0 aromatic carbocycles. The van der Waals surface area contributed by atoms with Gasteiger partial charge in [-0.1, -0.05) is 51.9 Å². The van der Waals surface area contributed by atoms with E-state index in [1.165, 1.54) is 44.9 Å². The van der Waals surface area contributed by atoms with Crippen LogP contribution >= 0.6 is 0 Å². The fourth-order valence-corrected chi connectivity index (χ4v) is 2.77. The van der Waals surface area contributed by atoms with Crippen LogP contribution < -0.4 is 0 Å². The van der Waals surface area contributed by atoms with Crippen LogP contribution in [0.2, 0.25) is 0 Å². The van der Waals surface area contributed by atoms with Crippen LogP contribution in [-0.2, 0) is 14.3 Å². The molecule has 1 fully saturated rings. The van der Waals surface area contributed by atoms with Crippen molar-refractivity contribution in [3.05, 3.63) is 0 Å². The Hall–Kier alpha value is -0.610. The first-order valence-corrected chi connectivity index (χ1v) is 9.28. The van der Waals surface area contributed by atoms with E-state index in [0.29, 0.717) is 13.0 Å². The molecule has 0 N–H and O–H groups in total. The summed E-state index contributed by atoms with van der Waals surface area (Å²) in [5.74, 6) is -0.0313. The molecule has 0 aromatic rings. The Morgan fingerprint density at radius 2 is 1.59 bits per heavy atom. The van der Waals surface area contributed by atoms with E-state index in [0.717, 1.165) is 45.7 Å². The van der Waals surface area contributed by atoms with Gasteiger partial charge in [0.25, 0.3) is 0 Å². The number of ether oxygens (including phenoxy) is 2. The van der Waals surface area contributed by atoms with Crippen molar-refractivity contribution in [1.82, 2.24) is 4.90 Å². The topological polar surface area (TPSA) is 38.8 Å². The lowest BCUT2D eigenvalue weighted by Gasteiger charge is -2.26. The van der Waals surface area contributed by atoms with E-state index < -0.39 is 0 Å². The van der Waals surface area contributed by atoms with Gasteiger partial charge in [-0.25, -0.2) is 0 Å². The zero-order chi connectivity index (χ0) is 15.9. The lowest BCUT2D eigenvalue weighted by atomic mass is 10.1. The summed E-state index contributed by atoms with van der Waals surface area (Å²) in [6.45, 7) is 7.46. The van der Waals surface area contributed by atoms with Gasteiger partial charge in [0.2, 0.25) is 0 Å². The number of rotatable bonds is 13. The Labute approximate surface area is 136 Å². The van der Waals surface area contributed by atoms with Gasteiger partial charge in [-0.3, -0.25) is 9.69 Å². The number of esters is 1. The summed E-state index contributed by atoms with van der Waals surface area (Å²) in [5, 5.41) is 0. The first kappa shape index (κ1) is 19.4. The molecule has 0 saturated carbocycles. The molecule has 1 aliphatic rings. The SMILES string of the molecule is CCCCCCCCCCOC(=O)CCCN1CCOCC1. The van der Waals surface area contributed by atoms with Gasteiger partial charge in [0.15, 0.2) is 0 Å². The van der Waals surface area contributed by atoms with Gasteiger partial charge < -0.3 is 9.47 Å². The number of hydrogen-bond acceptors (Lipinski definition) is 4. The fraction of sp³-hybridized carbons (Fsp3) is 0.944. The fourth-order valence-electron chi connectivity index (χ4n) is 2.77. The quantitative estimate of drug-likeness (QED) is 0.383. The van der Waals surface area contributed by atoms with E-state index in [1.54, 1.807) is 0 Å². The molecule has 0 aliphatic carbocycles. The highest BCUT2D eigenvalue weighted by molar-refractivity contribution is 5.69. The van der Waals surface area contributed by atoms with Gasteiger partial charge in [0, 0.05) is 19.5 Å². The highest BCUT2D eigenvalue weighted by Crippen LogP contribution is 2.08. The summed E-state index contributed by atoms with van der Waals surface area (Å²) in [5.41, 5.74) is 0. The third kappa shape index (κ3) is 11.0. The van der Waals surface area contributed by atoms with Crippen molar-refractivity contribution in [3.8, 4) is 0 Å². The summed E-state index contributed by atoms with van der Waals surface area (Å²) in [4.78, 5) is 14.0. The summed E-state index contributed by atoms with van der Waals surface area (Å²) in [6.07, 6.45) is 11.7. The van der Waals surface area contributed by atoms with Gasteiger partial charge in [-0.2, -0.15) is 0 Å². The molecular weight excluding hydrogens is 278 g/mol. The van der Waals surface area contributed by atoms with Crippen LogP contribution in [0.15, 0.2) is 0 Å². The van der Waals surface area contributed by atoms with Crippen LogP contribution in [0.1, 0.15) is 71.1 Å². The molecule has 0 spiro atoms. The van der Waals surface area contributed by atoms with Crippen molar-refractivity contribution in [2.24, 2.45) is 0 Å². The van der Waals surface area contributed by atoms with E-state index in [2.05, 4.69) is 11.8 Å². The third-order valence-corrected chi connectivity index (χ3v) is 4.22. The standard InChI is InChI=1S/C18H35NO3/c1-2-3-4-5-6-7-8-9-15-22-18(20)11-10-12-19-13-16-21-17-14-19/h2-17H2,1H3. The largest absolute Gasteiger partial charge is 0.466 e. The first-order chi connectivity index (χ1) is 10.8. The second-order valence-corrected chi connectivity index (χ2v) is 6.25.